The normalized spacial score (nSPS) is 22.9. The number of nitrogens with zero attached hydrogens (tertiary/aromatic N) is 3. The molecule has 2 saturated heterocycles. The van der Waals surface area contributed by atoms with E-state index in [4.69, 9.17) is 15.7 Å². The number of ether oxygens (including phenoxy) is 1. The number of nitriles is 1. The first kappa shape index (κ1) is 21.2. The molecule has 2 aromatic rings. The molecule has 0 spiro atoms. The first-order chi connectivity index (χ1) is 15.0. The van der Waals surface area contributed by atoms with Gasteiger partial charge in [-0.25, -0.2) is 4.39 Å². The molecular formula is C23H26FN5O2. The summed E-state index contributed by atoms with van der Waals surface area (Å²) in [6.07, 6.45) is 1.32. The maximum Gasteiger partial charge on any atom is 0.231 e. The number of likely N-dealkylation sites (tertiary alicyclic amines) is 1. The van der Waals surface area contributed by atoms with Crippen molar-refractivity contribution < 1.29 is 13.9 Å². The maximum atomic E-state index is 14.4. The molecule has 3 N–H and O–H groups in total. The van der Waals surface area contributed by atoms with Crippen LogP contribution in [0.2, 0.25) is 0 Å². The van der Waals surface area contributed by atoms with Crippen molar-refractivity contribution in [3.05, 3.63) is 59.4 Å². The van der Waals surface area contributed by atoms with Crippen molar-refractivity contribution in [1.29, 1.82) is 5.26 Å². The molecule has 0 bridgehead atoms. The second-order valence-corrected chi connectivity index (χ2v) is 7.98. The summed E-state index contributed by atoms with van der Waals surface area (Å²) in [6, 6.07) is 13.7. The average molecular weight is 423 g/mol. The first-order valence-electron chi connectivity index (χ1n) is 10.4. The Morgan fingerprint density at radius 1 is 1.19 bits per heavy atom. The number of rotatable bonds is 4. The molecule has 0 saturated carbocycles. The highest BCUT2D eigenvalue weighted by Gasteiger charge is 2.38. The van der Waals surface area contributed by atoms with Crippen molar-refractivity contribution in [3.8, 4) is 11.8 Å². The molecule has 31 heavy (non-hydrogen) atoms. The monoisotopic (exact) mass is 423 g/mol. The van der Waals surface area contributed by atoms with E-state index in [1.807, 2.05) is 18.2 Å². The van der Waals surface area contributed by atoms with E-state index in [2.05, 4.69) is 10.2 Å². The van der Waals surface area contributed by atoms with Crippen LogP contribution in [0, 0.1) is 17.1 Å². The van der Waals surface area contributed by atoms with Crippen molar-refractivity contribution in [3.63, 3.8) is 0 Å². The zero-order chi connectivity index (χ0) is 22.0. The highest BCUT2D eigenvalue weighted by Crippen LogP contribution is 2.33. The molecule has 2 heterocycles. The smallest absolute Gasteiger partial charge is 0.231 e. The second-order valence-electron chi connectivity index (χ2n) is 7.98. The number of anilines is 1. The summed E-state index contributed by atoms with van der Waals surface area (Å²) < 4.78 is 19.7. The lowest BCUT2D eigenvalue weighted by atomic mass is 10.0. The van der Waals surface area contributed by atoms with E-state index >= 15 is 0 Å². The Morgan fingerprint density at radius 2 is 1.90 bits per heavy atom. The fraction of sp³-hybridized carbons (Fsp3) is 0.391. The van der Waals surface area contributed by atoms with Crippen LogP contribution < -0.4 is 20.7 Å². The maximum absolute atomic E-state index is 14.4. The van der Waals surface area contributed by atoms with Gasteiger partial charge in [-0.15, -0.1) is 0 Å². The summed E-state index contributed by atoms with van der Waals surface area (Å²) >= 11 is 0. The number of piperidine rings is 1. The third kappa shape index (κ3) is 4.39. The van der Waals surface area contributed by atoms with Crippen molar-refractivity contribution >= 4 is 11.6 Å². The highest BCUT2D eigenvalue weighted by atomic mass is 19.1. The van der Waals surface area contributed by atoms with Crippen LogP contribution in [0.1, 0.15) is 36.6 Å². The lowest BCUT2D eigenvalue weighted by molar-refractivity contribution is -0.123. The lowest BCUT2D eigenvalue weighted by Gasteiger charge is -2.45. The number of halogens is 1. The zero-order valence-corrected chi connectivity index (χ0v) is 17.4. The van der Waals surface area contributed by atoms with Crippen LogP contribution in [0.3, 0.4) is 0 Å². The van der Waals surface area contributed by atoms with Gasteiger partial charge < -0.3 is 10.5 Å². The van der Waals surface area contributed by atoms with Crippen LogP contribution in [-0.4, -0.2) is 43.2 Å². The van der Waals surface area contributed by atoms with Crippen LogP contribution in [0.15, 0.2) is 42.5 Å². The van der Waals surface area contributed by atoms with Gasteiger partial charge in [0.1, 0.15) is 23.8 Å². The number of carbonyl (C=O) groups is 1. The highest BCUT2D eigenvalue weighted by molar-refractivity contribution is 5.95. The largest absolute Gasteiger partial charge is 0.497 e. The number of benzene rings is 2. The van der Waals surface area contributed by atoms with E-state index in [9.17, 15) is 9.18 Å². The molecule has 2 aliphatic rings. The summed E-state index contributed by atoms with van der Waals surface area (Å²) in [5.74, 6) is 0.0261. The van der Waals surface area contributed by atoms with Gasteiger partial charge >= 0.3 is 0 Å². The third-order valence-electron chi connectivity index (χ3n) is 6.04. The molecule has 2 aromatic carbocycles. The molecule has 2 unspecified atom stereocenters. The molecule has 2 aliphatic heterocycles. The summed E-state index contributed by atoms with van der Waals surface area (Å²) in [5, 5.41) is 12.6. The van der Waals surface area contributed by atoms with Crippen LogP contribution in [0.5, 0.6) is 5.75 Å². The van der Waals surface area contributed by atoms with Crippen LogP contribution in [0.25, 0.3) is 0 Å². The number of nitrogens with one attached hydrogen (secondary N) is 1. The molecule has 0 aromatic heterocycles. The molecule has 0 radical (unpaired) electrons. The second kappa shape index (κ2) is 9.02. The van der Waals surface area contributed by atoms with Crippen LogP contribution >= 0.6 is 0 Å². The molecule has 2 fully saturated rings. The van der Waals surface area contributed by atoms with Gasteiger partial charge in [-0.2, -0.15) is 5.26 Å². The fourth-order valence-electron chi connectivity index (χ4n) is 4.26. The van der Waals surface area contributed by atoms with Crippen molar-refractivity contribution in [2.45, 2.75) is 37.6 Å². The summed E-state index contributed by atoms with van der Waals surface area (Å²) in [7, 11) is 1.58. The van der Waals surface area contributed by atoms with E-state index < -0.39 is 12.0 Å². The minimum Gasteiger partial charge on any atom is -0.497 e. The molecule has 0 aliphatic carbocycles. The topological polar surface area (TPSA) is 94.6 Å². The number of hydrogen-bond acceptors (Lipinski definition) is 6. The number of carbonyl (C=O) groups excluding carboxylic acids is 1. The molecular weight excluding hydrogens is 397 g/mol. The van der Waals surface area contributed by atoms with Crippen molar-refractivity contribution in [2.75, 3.05) is 25.1 Å². The Hall–Kier alpha value is -2.99. The van der Waals surface area contributed by atoms with Gasteiger partial charge in [0.05, 0.1) is 25.3 Å². The van der Waals surface area contributed by atoms with E-state index in [1.165, 1.54) is 12.1 Å². The van der Waals surface area contributed by atoms with Crippen LogP contribution in [-0.2, 0) is 4.79 Å². The summed E-state index contributed by atoms with van der Waals surface area (Å²) in [6.45, 7) is 1.62. The van der Waals surface area contributed by atoms with Gasteiger partial charge in [-0.3, -0.25) is 19.9 Å². The molecule has 4 rings (SSSR count). The van der Waals surface area contributed by atoms with E-state index in [1.54, 1.807) is 30.2 Å². The zero-order valence-electron chi connectivity index (χ0n) is 17.4. The Bertz CT molecular complexity index is 982. The Morgan fingerprint density at radius 3 is 2.52 bits per heavy atom. The summed E-state index contributed by atoms with van der Waals surface area (Å²) in [4.78, 5) is 17.2. The van der Waals surface area contributed by atoms with Gasteiger partial charge in [0.2, 0.25) is 5.91 Å². The van der Waals surface area contributed by atoms with Crippen LogP contribution in [0.4, 0.5) is 10.1 Å². The SMILES string of the molecule is COc1ccc(N2C(=O)CC(N3CCC(N)CC3)NC2c2ccc(C#N)c(F)c2)cc1. The lowest BCUT2D eigenvalue weighted by Crippen LogP contribution is -2.60. The van der Waals surface area contributed by atoms with Gasteiger partial charge in [0.15, 0.2) is 0 Å². The number of hydrogen-bond donors (Lipinski definition) is 2. The summed E-state index contributed by atoms with van der Waals surface area (Å²) in [5.41, 5.74) is 7.28. The van der Waals surface area contributed by atoms with Crippen molar-refractivity contribution in [1.82, 2.24) is 10.2 Å². The molecule has 162 valence electrons. The standard InChI is InChI=1S/C23H26FN5O2/c1-31-19-6-4-18(5-7-19)29-22(30)13-21(28-10-8-17(26)9-11-28)27-23(29)15-2-3-16(14-25)20(24)12-15/h2-7,12,17,21,23,27H,8-11,13,26H2,1H3. The van der Waals surface area contributed by atoms with E-state index in [-0.39, 0.29) is 23.7 Å². The third-order valence-corrected chi connectivity index (χ3v) is 6.04. The predicted octanol–water partition coefficient (Wildman–Crippen LogP) is 2.48. The quantitative estimate of drug-likeness (QED) is 0.785. The van der Waals surface area contributed by atoms with Crippen molar-refractivity contribution in [2.24, 2.45) is 5.73 Å². The van der Waals surface area contributed by atoms with E-state index in [0.717, 1.165) is 25.9 Å². The van der Waals surface area contributed by atoms with Gasteiger partial charge in [-0.1, -0.05) is 6.07 Å². The molecule has 1 amide bonds. The Balaban J connectivity index is 1.68. The Labute approximate surface area is 181 Å². The number of methoxy groups -OCH3 is 1. The molecule has 7 nitrogen and oxygen atoms in total. The molecule has 2 atom stereocenters. The molecule has 8 heteroatoms. The number of amides is 1. The minimum atomic E-state index is -0.602. The van der Waals surface area contributed by atoms with Gasteiger partial charge in [0, 0.05) is 24.8 Å². The van der Waals surface area contributed by atoms with E-state index in [0.29, 0.717) is 23.4 Å². The Kier molecular flexibility index (Phi) is 6.18. The minimum absolute atomic E-state index is 0.0246. The predicted molar refractivity (Wildman–Crippen MR) is 115 cm³/mol. The first-order valence-corrected chi connectivity index (χ1v) is 10.4. The average Bonchev–Trinajstić information content (AvgIpc) is 2.79. The fourth-order valence-corrected chi connectivity index (χ4v) is 4.26. The van der Waals surface area contributed by atoms with Gasteiger partial charge in [0.25, 0.3) is 0 Å². The van der Waals surface area contributed by atoms with Gasteiger partial charge in [-0.05, 0) is 54.8 Å². The number of nitrogens with two attached hydrogens (primary N) is 1.